The van der Waals surface area contributed by atoms with Crippen LogP contribution in [0.15, 0.2) is 66.7 Å². The summed E-state index contributed by atoms with van der Waals surface area (Å²) in [7, 11) is 4.56. The second-order valence-electron chi connectivity index (χ2n) is 8.27. The summed E-state index contributed by atoms with van der Waals surface area (Å²) in [5.74, 6) is -0.306. The fourth-order valence-corrected chi connectivity index (χ4v) is 4.35. The number of halogens is 1. The van der Waals surface area contributed by atoms with Crippen molar-refractivity contribution in [1.29, 1.82) is 0 Å². The van der Waals surface area contributed by atoms with Gasteiger partial charge in [-0.2, -0.15) is 0 Å². The second kappa shape index (κ2) is 13.0. The quantitative estimate of drug-likeness (QED) is 0.323. The van der Waals surface area contributed by atoms with E-state index in [9.17, 15) is 14.7 Å². The molecule has 3 aromatic carbocycles. The molecule has 8 nitrogen and oxygen atoms in total. The number of para-hydroxylation sites is 1. The van der Waals surface area contributed by atoms with Gasteiger partial charge in [0.25, 0.3) is 5.91 Å². The van der Waals surface area contributed by atoms with Crippen LogP contribution in [0.25, 0.3) is 0 Å². The molecule has 0 saturated carbocycles. The minimum absolute atomic E-state index is 0.00342. The van der Waals surface area contributed by atoms with E-state index in [0.29, 0.717) is 51.1 Å². The van der Waals surface area contributed by atoms with E-state index in [4.69, 9.17) is 30.9 Å². The number of anilines is 1. The van der Waals surface area contributed by atoms with Gasteiger partial charge in [-0.15, -0.1) is 0 Å². The highest BCUT2D eigenvalue weighted by Gasteiger charge is 2.26. The molecule has 9 heteroatoms. The molecule has 0 saturated heterocycles. The van der Waals surface area contributed by atoms with Crippen molar-refractivity contribution in [2.45, 2.75) is 26.0 Å². The molecular formula is C29H30ClNO7. The van der Waals surface area contributed by atoms with E-state index in [2.05, 4.69) is 0 Å². The Morgan fingerprint density at radius 3 is 2.34 bits per heavy atom. The first-order chi connectivity index (χ1) is 18.2. The molecule has 3 aromatic rings. The van der Waals surface area contributed by atoms with E-state index < -0.39 is 18.0 Å². The number of hydrogen-bond donors (Lipinski definition) is 2. The molecule has 0 aromatic heterocycles. The van der Waals surface area contributed by atoms with Gasteiger partial charge in [0.2, 0.25) is 0 Å². The average molecular weight is 540 g/mol. The van der Waals surface area contributed by atoms with Gasteiger partial charge in [0, 0.05) is 39.9 Å². The lowest BCUT2D eigenvalue weighted by molar-refractivity contribution is -0.131. The number of aryl methyl sites for hydroxylation is 1. The third kappa shape index (κ3) is 6.45. The number of carboxylic acids is 1. The van der Waals surface area contributed by atoms with Crippen LogP contribution < -0.4 is 19.1 Å². The van der Waals surface area contributed by atoms with Gasteiger partial charge >= 0.3 is 5.97 Å². The summed E-state index contributed by atoms with van der Waals surface area (Å²) in [5.41, 5.74) is 2.72. The van der Waals surface area contributed by atoms with Gasteiger partial charge in [0.15, 0.2) is 0 Å². The molecule has 0 aliphatic carbocycles. The van der Waals surface area contributed by atoms with Gasteiger partial charge in [0.1, 0.15) is 23.4 Å². The van der Waals surface area contributed by atoms with Gasteiger partial charge in [-0.25, -0.2) is 4.79 Å². The highest BCUT2D eigenvalue weighted by molar-refractivity contribution is 6.30. The van der Waals surface area contributed by atoms with Crippen LogP contribution in [-0.4, -0.2) is 43.4 Å². The minimum Gasteiger partial charge on any atom is -0.497 e. The lowest BCUT2D eigenvalue weighted by atomic mass is 9.95. The van der Waals surface area contributed by atoms with Gasteiger partial charge in [-0.1, -0.05) is 36.7 Å². The van der Waals surface area contributed by atoms with Crippen molar-refractivity contribution >= 4 is 29.2 Å². The summed E-state index contributed by atoms with van der Waals surface area (Å²) >= 11 is 6.34. The topological polar surface area (TPSA) is 106 Å². The second-order valence-corrected chi connectivity index (χ2v) is 8.71. The zero-order chi connectivity index (χ0) is 27.8. The zero-order valence-electron chi connectivity index (χ0n) is 21.6. The molecule has 1 unspecified atom stereocenters. The van der Waals surface area contributed by atoms with Crippen molar-refractivity contribution in [3.8, 4) is 17.2 Å². The summed E-state index contributed by atoms with van der Waals surface area (Å²) in [6.07, 6.45) is 1.21. The summed E-state index contributed by atoms with van der Waals surface area (Å²) in [4.78, 5) is 25.9. The molecule has 0 aliphatic rings. The van der Waals surface area contributed by atoms with Crippen molar-refractivity contribution in [3.63, 3.8) is 0 Å². The Morgan fingerprint density at radius 2 is 1.71 bits per heavy atom. The van der Waals surface area contributed by atoms with Crippen molar-refractivity contribution in [2.75, 3.05) is 26.2 Å². The van der Waals surface area contributed by atoms with E-state index in [-0.39, 0.29) is 6.54 Å². The van der Waals surface area contributed by atoms with E-state index >= 15 is 0 Å². The molecule has 200 valence electrons. The summed E-state index contributed by atoms with van der Waals surface area (Å²) in [6.45, 7) is 1.99. The van der Waals surface area contributed by atoms with Crippen LogP contribution in [0.3, 0.4) is 0 Å². The van der Waals surface area contributed by atoms with Crippen molar-refractivity contribution in [1.82, 2.24) is 0 Å². The predicted molar refractivity (Wildman–Crippen MR) is 145 cm³/mol. The van der Waals surface area contributed by atoms with Gasteiger partial charge in [-0.3, -0.25) is 4.79 Å². The van der Waals surface area contributed by atoms with E-state index in [1.165, 1.54) is 26.2 Å². The predicted octanol–water partition coefficient (Wildman–Crippen LogP) is 5.18. The van der Waals surface area contributed by atoms with Crippen molar-refractivity contribution in [2.24, 2.45) is 0 Å². The molecule has 0 fully saturated rings. The van der Waals surface area contributed by atoms with E-state index in [1.807, 2.05) is 19.1 Å². The van der Waals surface area contributed by atoms with Crippen LogP contribution in [0.5, 0.6) is 17.2 Å². The lowest BCUT2D eigenvalue weighted by Gasteiger charge is -2.28. The maximum Gasteiger partial charge on any atom is 0.328 e. The van der Waals surface area contributed by atoms with Gasteiger partial charge < -0.3 is 29.3 Å². The Kier molecular flexibility index (Phi) is 9.76. The SMILES string of the molecule is CCc1cccc(C(O)c2cc(Cl)ccc2N(Cc2ccc(OC)cc2OC)C(=O)C=CC(=O)O)c1OC. The van der Waals surface area contributed by atoms with Crippen LogP contribution in [0, 0.1) is 0 Å². The molecule has 1 atom stereocenters. The lowest BCUT2D eigenvalue weighted by Crippen LogP contribution is -2.30. The molecular weight excluding hydrogens is 510 g/mol. The number of benzene rings is 3. The number of nitrogens with zero attached hydrogens (tertiary/aromatic N) is 1. The monoisotopic (exact) mass is 539 g/mol. The normalized spacial score (nSPS) is 11.7. The molecule has 0 heterocycles. The Balaban J connectivity index is 2.19. The number of rotatable bonds is 11. The molecule has 2 N–H and O–H groups in total. The first kappa shape index (κ1) is 28.6. The molecule has 3 rings (SSSR count). The maximum atomic E-state index is 13.4. The standard InChI is InChI=1S/C29H30ClNO7/c1-5-18-7-6-8-22(29(18)38-4)28(35)23-15-20(30)10-12-24(23)31(26(32)13-14-27(33)34)17-19-9-11-21(36-2)16-25(19)37-3/h6-16,28,35H,5,17H2,1-4H3,(H,33,34). The highest BCUT2D eigenvalue weighted by atomic mass is 35.5. The van der Waals surface area contributed by atoms with Crippen LogP contribution in [0.2, 0.25) is 5.02 Å². The molecule has 0 aliphatic heterocycles. The van der Waals surface area contributed by atoms with Crippen LogP contribution in [0.4, 0.5) is 5.69 Å². The zero-order valence-corrected chi connectivity index (χ0v) is 22.4. The first-order valence-electron chi connectivity index (χ1n) is 11.8. The Morgan fingerprint density at radius 1 is 0.947 bits per heavy atom. The highest BCUT2D eigenvalue weighted by Crippen LogP contribution is 2.39. The fourth-order valence-electron chi connectivity index (χ4n) is 4.17. The largest absolute Gasteiger partial charge is 0.497 e. The number of carboxylic acid groups (broad SMARTS) is 1. The number of ether oxygens (including phenoxy) is 3. The van der Waals surface area contributed by atoms with Crippen LogP contribution >= 0.6 is 11.6 Å². The average Bonchev–Trinajstić information content (AvgIpc) is 2.93. The Bertz CT molecular complexity index is 1340. The third-order valence-electron chi connectivity index (χ3n) is 6.04. The number of methoxy groups -OCH3 is 3. The first-order valence-corrected chi connectivity index (χ1v) is 12.2. The number of carbonyl (C=O) groups is 2. The molecule has 38 heavy (non-hydrogen) atoms. The Labute approximate surface area is 226 Å². The summed E-state index contributed by atoms with van der Waals surface area (Å²) in [6, 6.07) is 15.4. The van der Waals surface area contributed by atoms with E-state index in [0.717, 1.165) is 17.7 Å². The number of hydrogen-bond acceptors (Lipinski definition) is 6. The minimum atomic E-state index is -1.27. The van der Waals surface area contributed by atoms with Crippen molar-refractivity contribution in [3.05, 3.63) is 94.0 Å². The van der Waals surface area contributed by atoms with Crippen LogP contribution in [-0.2, 0) is 22.6 Å². The smallest absolute Gasteiger partial charge is 0.328 e. The molecule has 0 bridgehead atoms. The molecule has 0 radical (unpaired) electrons. The molecule has 1 amide bonds. The number of amides is 1. The van der Waals surface area contributed by atoms with Gasteiger partial charge in [-0.05, 0) is 42.3 Å². The Hall–Kier alpha value is -4.01. The van der Waals surface area contributed by atoms with Crippen LogP contribution in [0.1, 0.15) is 35.3 Å². The summed E-state index contributed by atoms with van der Waals surface area (Å²) in [5, 5.41) is 21.1. The fraction of sp³-hybridized carbons (Fsp3) is 0.241. The number of aliphatic hydroxyl groups excluding tert-OH is 1. The van der Waals surface area contributed by atoms with E-state index in [1.54, 1.807) is 42.5 Å². The number of aliphatic carboxylic acids is 1. The van der Waals surface area contributed by atoms with Crippen molar-refractivity contribution < 1.29 is 34.0 Å². The molecule has 0 spiro atoms. The van der Waals surface area contributed by atoms with Gasteiger partial charge in [0.05, 0.1) is 33.6 Å². The number of carbonyl (C=O) groups excluding carboxylic acids is 1. The maximum absolute atomic E-state index is 13.4. The number of aliphatic hydroxyl groups is 1. The third-order valence-corrected chi connectivity index (χ3v) is 6.27. The summed E-state index contributed by atoms with van der Waals surface area (Å²) < 4.78 is 16.4.